The first-order valence-electron chi connectivity index (χ1n) is 8.13. The maximum Gasteiger partial charge on any atom is 0.252 e. The number of hydrogen-bond donors (Lipinski definition) is 1. The predicted molar refractivity (Wildman–Crippen MR) is 90.6 cm³/mol. The third kappa shape index (κ3) is 2.77. The Hall–Kier alpha value is -3.09. The fraction of sp³-hybridized carbons (Fsp3) is 0.278. The van der Waals surface area contributed by atoms with Crippen LogP contribution in [-0.4, -0.2) is 27.3 Å². The number of nitrogens with one attached hydrogen (secondary N) is 1. The van der Waals surface area contributed by atoms with Crippen molar-refractivity contribution in [3.05, 3.63) is 54.0 Å². The molecule has 0 radical (unpaired) electrons. The lowest BCUT2D eigenvalue weighted by atomic mass is 10.0. The Labute approximate surface area is 144 Å². The van der Waals surface area contributed by atoms with Crippen molar-refractivity contribution in [3.63, 3.8) is 0 Å². The first kappa shape index (κ1) is 15.4. The van der Waals surface area contributed by atoms with E-state index >= 15 is 0 Å². The van der Waals surface area contributed by atoms with Gasteiger partial charge in [0.15, 0.2) is 23.0 Å². The summed E-state index contributed by atoms with van der Waals surface area (Å²) < 4.78 is 12.5. The lowest BCUT2D eigenvalue weighted by Crippen LogP contribution is -2.33. The molecule has 25 heavy (non-hydrogen) atoms. The van der Waals surface area contributed by atoms with E-state index in [0.717, 1.165) is 5.65 Å². The quantitative estimate of drug-likeness (QED) is 0.791. The summed E-state index contributed by atoms with van der Waals surface area (Å²) in [6.07, 6.45) is 1.90. The number of pyridine rings is 1. The molecule has 1 aromatic carbocycles. The zero-order valence-corrected chi connectivity index (χ0v) is 14.0. The van der Waals surface area contributed by atoms with E-state index in [9.17, 15) is 4.79 Å². The third-order valence-corrected chi connectivity index (χ3v) is 4.21. The maximum absolute atomic E-state index is 12.7. The zero-order valence-electron chi connectivity index (χ0n) is 14.0. The van der Waals surface area contributed by atoms with Crippen molar-refractivity contribution in [1.82, 2.24) is 19.9 Å². The Balaban J connectivity index is 1.63. The number of ether oxygens (including phenoxy) is 2. The van der Waals surface area contributed by atoms with Gasteiger partial charge < -0.3 is 14.8 Å². The third-order valence-electron chi connectivity index (χ3n) is 4.21. The minimum atomic E-state index is -0.268. The Morgan fingerprint density at radius 3 is 2.84 bits per heavy atom. The fourth-order valence-corrected chi connectivity index (χ4v) is 2.86. The molecule has 0 saturated carbocycles. The highest BCUT2D eigenvalue weighted by Gasteiger charge is 2.25. The van der Waals surface area contributed by atoms with Crippen LogP contribution in [-0.2, 0) is 0 Å². The summed E-state index contributed by atoms with van der Waals surface area (Å²) in [6.45, 7) is 4.25. The smallest absolute Gasteiger partial charge is 0.252 e. The van der Waals surface area contributed by atoms with E-state index in [-0.39, 0.29) is 24.7 Å². The lowest BCUT2D eigenvalue weighted by molar-refractivity contribution is 0.0922. The van der Waals surface area contributed by atoms with Crippen LogP contribution >= 0.6 is 0 Å². The van der Waals surface area contributed by atoms with Gasteiger partial charge in [-0.15, -0.1) is 10.2 Å². The monoisotopic (exact) mass is 338 g/mol. The molecule has 1 aliphatic heterocycles. The fourth-order valence-electron chi connectivity index (χ4n) is 2.86. The summed E-state index contributed by atoms with van der Waals surface area (Å²) in [6, 6.07) is 10.6. The van der Waals surface area contributed by atoms with E-state index < -0.39 is 0 Å². The van der Waals surface area contributed by atoms with E-state index in [4.69, 9.17) is 9.47 Å². The van der Waals surface area contributed by atoms with Crippen molar-refractivity contribution in [1.29, 1.82) is 0 Å². The molecule has 128 valence electrons. The van der Waals surface area contributed by atoms with Gasteiger partial charge in [0.2, 0.25) is 6.79 Å². The second-order valence-corrected chi connectivity index (χ2v) is 6.25. The summed E-state index contributed by atoms with van der Waals surface area (Å²) >= 11 is 0. The van der Waals surface area contributed by atoms with Crippen LogP contribution in [0.2, 0.25) is 0 Å². The largest absolute Gasteiger partial charge is 0.454 e. The normalized spacial score (nSPS) is 14.0. The molecule has 1 aliphatic rings. The standard InChI is InChI=1S/C18H18N4O3/c1-11(2)16(17-21-20-15-5-3-4-8-22(15)17)19-18(23)12-6-7-13-14(9-12)25-10-24-13/h3-9,11,16H,10H2,1-2H3,(H,19,23). The minimum Gasteiger partial charge on any atom is -0.454 e. The van der Waals surface area contributed by atoms with Gasteiger partial charge >= 0.3 is 0 Å². The molecule has 0 fully saturated rings. The molecular formula is C18H18N4O3. The van der Waals surface area contributed by atoms with Gasteiger partial charge in [0.05, 0.1) is 6.04 Å². The van der Waals surface area contributed by atoms with Crippen molar-refractivity contribution in [3.8, 4) is 11.5 Å². The van der Waals surface area contributed by atoms with Crippen molar-refractivity contribution < 1.29 is 14.3 Å². The number of carbonyl (C=O) groups is 1. The SMILES string of the molecule is CC(C)C(NC(=O)c1ccc2c(c1)OCO2)c1nnc2ccccn12. The van der Waals surface area contributed by atoms with Crippen LogP contribution in [0.5, 0.6) is 11.5 Å². The highest BCUT2D eigenvalue weighted by molar-refractivity contribution is 5.95. The number of rotatable bonds is 4. The molecule has 0 bridgehead atoms. The molecule has 1 amide bonds. The molecule has 3 heterocycles. The van der Waals surface area contributed by atoms with E-state index in [0.29, 0.717) is 22.9 Å². The van der Waals surface area contributed by atoms with E-state index in [1.807, 2.05) is 42.6 Å². The number of aromatic nitrogens is 3. The lowest BCUT2D eigenvalue weighted by Gasteiger charge is -2.21. The summed E-state index contributed by atoms with van der Waals surface area (Å²) in [7, 11) is 0. The molecule has 0 saturated heterocycles. The molecular weight excluding hydrogens is 320 g/mol. The van der Waals surface area contributed by atoms with E-state index in [1.54, 1.807) is 18.2 Å². The number of nitrogens with zero attached hydrogens (tertiary/aromatic N) is 3. The number of benzene rings is 1. The number of amides is 1. The van der Waals surface area contributed by atoms with Crippen LogP contribution in [0.1, 0.15) is 36.1 Å². The molecule has 1 N–H and O–H groups in total. The molecule has 3 aromatic rings. The van der Waals surface area contributed by atoms with Gasteiger partial charge in [0.1, 0.15) is 0 Å². The Morgan fingerprint density at radius 2 is 2.00 bits per heavy atom. The summed E-state index contributed by atoms with van der Waals surface area (Å²) in [5.41, 5.74) is 1.27. The second-order valence-electron chi connectivity index (χ2n) is 6.25. The minimum absolute atomic E-state index is 0.144. The Kier molecular flexibility index (Phi) is 3.76. The van der Waals surface area contributed by atoms with Crippen molar-refractivity contribution in [2.75, 3.05) is 6.79 Å². The zero-order chi connectivity index (χ0) is 17.4. The van der Waals surface area contributed by atoms with Gasteiger partial charge in [0, 0.05) is 11.8 Å². The molecule has 1 unspecified atom stereocenters. The van der Waals surface area contributed by atoms with Crippen molar-refractivity contribution in [2.45, 2.75) is 19.9 Å². The summed E-state index contributed by atoms with van der Waals surface area (Å²) in [5.74, 6) is 1.90. The molecule has 1 atom stereocenters. The van der Waals surface area contributed by atoms with Gasteiger partial charge in [-0.25, -0.2) is 0 Å². The average molecular weight is 338 g/mol. The molecule has 0 aliphatic carbocycles. The number of fused-ring (bicyclic) bond motifs is 2. The number of carbonyl (C=O) groups excluding carboxylic acids is 1. The van der Waals surface area contributed by atoms with Gasteiger partial charge in [-0.2, -0.15) is 0 Å². The summed E-state index contributed by atoms with van der Waals surface area (Å²) in [4.78, 5) is 12.7. The highest BCUT2D eigenvalue weighted by Crippen LogP contribution is 2.32. The molecule has 7 nitrogen and oxygen atoms in total. The van der Waals surface area contributed by atoms with Crippen LogP contribution in [0.4, 0.5) is 0 Å². The van der Waals surface area contributed by atoms with Gasteiger partial charge in [-0.3, -0.25) is 9.20 Å². The van der Waals surface area contributed by atoms with Crippen LogP contribution < -0.4 is 14.8 Å². The van der Waals surface area contributed by atoms with E-state index in [1.165, 1.54) is 0 Å². The van der Waals surface area contributed by atoms with Crippen molar-refractivity contribution >= 4 is 11.6 Å². The Morgan fingerprint density at radius 1 is 1.16 bits per heavy atom. The number of hydrogen-bond acceptors (Lipinski definition) is 5. The average Bonchev–Trinajstić information content (AvgIpc) is 3.25. The van der Waals surface area contributed by atoms with Gasteiger partial charge in [-0.1, -0.05) is 19.9 Å². The van der Waals surface area contributed by atoms with Crippen LogP contribution in [0.25, 0.3) is 5.65 Å². The van der Waals surface area contributed by atoms with Gasteiger partial charge in [0.25, 0.3) is 5.91 Å². The molecule has 7 heteroatoms. The highest BCUT2D eigenvalue weighted by atomic mass is 16.7. The molecule has 2 aromatic heterocycles. The predicted octanol–water partition coefficient (Wildman–Crippen LogP) is 2.59. The van der Waals surface area contributed by atoms with Crippen molar-refractivity contribution in [2.24, 2.45) is 5.92 Å². The van der Waals surface area contributed by atoms with Gasteiger partial charge in [-0.05, 0) is 36.2 Å². The van der Waals surface area contributed by atoms with Crippen LogP contribution in [0.15, 0.2) is 42.6 Å². The van der Waals surface area contributed by atoms with E-state index in [2.05, 4.69) is 15.5 Å². The molecule has 4 rings (SSSR count). The maximum atomic E-state index is 12.7. The first-order valence-corrected chi connectivity index (χ1v) is 8.13. The summed E-state index contributed by atoms with van der Waals surface area (Å²) in [5, 5.41) is 11.5. The van der Waals surface area contributed by atoms with Crippen LogP contribution in [0, 0.1) is 5.92 Å². The first-order chi connectivity index (χ1) is 12.1. The second kappa shape index (κ2) is 6.08. The van der Waals surface area contributed by atoms with Crippen LogP contribution in [0.3, 0.4) is 0 Å². The molecule has 0 spiro atoms. The topological polar surface area (TPSA) is 77.8 Å². The Bertz CT molecular complexity index is 935.